The molecule has 0 aromatic heterocycles. The molecule has 5 heteroatoms. The number of amides is 1. The first-order valence-electron chi connectivity index (χ1n) is 8.22. The van der Waals surface area contributed by atoms with E-state index in [9.17, 15) is 14.7 Å². The maximum Gasteiger partial charge on any atom is 0.308 e. The molecule has 1 aromatic rings. The molecule has 1 saturated heterocycles. The van der Waals surface area contributed by atoms with Gasteiger partial charge in [-0.15, -0.1) is 11.8 Å². The number of thioether (sulfide) groups is 1. The standard InChI is InChI=1S/C18H25NO3S/c1-3-4-10-23-13(2)17(20)19-11-15(16(12-19)18(21)22)14-8-6-5-7-9-14/h5-9,13,15-16H,3-4,10-12H2,1-2H3,(H,21,22)/t13?,15-,16-/m0/s1. The average Bonchev–Trinajstić information content (AvgIpc) is 3.00. The van der Waals surface area contributed by atoms with E-state index in [0.717, 1.165) is 24.2 Å². The van der Waals surface area contributed by atoms with Crippen molar-refractivity contribution in [2.24, 2.45) is 5.92 Å². The molecule has 2 rings (SSSR count). The summed E-state index contributed by atoms with van der Waals surface area (Å²) in [5.74, 6) is -0.419. The van der Waals surface area contributed by atoms with Crippen LogP contribution in [0.4, 0.5) is 0 Å². The molecule has 0 spiro atoms. The highest BCUT2D eigenvalue weighted by atomic mass is 32.2. The molecule has 1 aliphatic rings. The number of rotatable bonds is 7. The molecule has 4 nitrogen and oxygen atoms in total. The highest BCUT2D eigenvalue weighted by Gasteiger charge is 2.41. The van der Waals surface area contributed by atoms with Gasteiger partial charge in [-0.1, -0.05) is 43.7 Å². The molecular formula is C18H25NO3S. The molecule has 0 radical (unpaired) electrons. The van der Waals surface area contributed by atoms with E-state index >= 15 is 0 Å². The Labute approximate surface area is 142 Å². The third-order valence-corrected chi connectivity index (χ3v) is 5.62. The van der Waals surface area contributed by atoms with Crippen molar-refractivity contribution in [3.8, 4) is 0 Å². The number of carbonyl (C=O) groups excluding carboxylic acids is 1. The van der Waals surface area contributed by atoms with Crippen LogP contribution in [-0.4, -0.2) is 46.0 Å². The van der Waals surface area contributed by atoms with Crippen LogP contribution in [0.2, 0.25) is 0 Å². The first-order valence-corrected chi connectivity index (χ1v) is 9.27. The monoisotopic (exact) mass is 335 g/mol. The Morgan fingerprint density at radius 3 is 2.61 bits per heavy atom. The van der Waals surface area contributed by atoms with Gasteiger partial charge >= 0.3 is 5.97 Å². The van der Waals surface area contributed by atoms with Gasteiger partial charge in [0.05, 0.1) is 11.2 Å². The van der Waals surface area contributed by atoms with Gasteiger partial charge in [-0.2, -0.15) is 0 Å². The second-order valence-corrected chi connectivity index (χ2v) is 7.52. The Morgan fingerprint density at radius 2 is 2.00 bits per heavy atom. The minimum absolute atomic E-state index is 0.0655. The van der Waals surface area contributed by atoms with Gasteiger partial charge in [0.1, 0.15) is 0 Å². The zero-order valence-corrected chi connectivity index (χ0v) is 14.6. The second kappa shape index (κ2) is 8.39. The second-order valence-electron chi connectivity index (χ2n) is 6.07. The van der Waals surface area contributed by atoms with Crippen molar-refractivity contribution in [1.82, 2.24) is 4.90 Å². The number of carboxylic acid groups (broad SMARTS) is 1. The van der Waals surface area contributed by atoms with E-state index in [1.165, 1.54) is 0 Å². The van der Waals surface area contributed by atoms with Gasteiger partial charge in [0, 0.05) is 19.0 Å². The minimum atomic E-state index is -0.819. The Hall–Kier alpha value is -1.49. The molecule has 1 aliphatic heterocycles. The summed E-state index contributed by atoms with van der Waals surface area (Å²) in [6.45, 7) is 4.87. The van der Waals surface area contributed by atoms with Gasteiger partial charge in [-0.05, 0) is 24.7 Å². The average molecular weight is 335 g/mol. The molecule has 1 fully saturated rings. The van der Waals surface area contributed by atoms with Gasteiger partial charge < -0.3 is 10.0 Å². The third-order valence-electron chi connectivity index (χ3n) is 4.39. The van der Waals surface area contributed by atoms with Gasteiger partial charge in [0.2, 0.25) is 5.91 Å². The fourth-order valence-corrected chi connectivity index (χ4v) is 4.11. The summed E-state index contributed by atoms with van der Waals surface area (Å²) in [7, 11) is 0. The van der Waals surface area contributed by atoms with E-state index < -0.39 is 11.9 Å². The van der Waals surface area contributed by atoms with Gasteiger partial charge in [-0.25, -0.2) is 0 Å². The molecule has 1 unspecified atom stereocenters. The highest BCUT2D eigenvalue weighted by Crippen LogP contribution is 2.34. The van der Waals surface area contributed by atoms with Crippen LogP contribution >= 0.6 is 11.8 Å². The number of nitrogens with zero attached hydrogens (tertiary/aromatic N) is 1. The summed E-state index contributed by atoms with van der Waals surface area (Å²) in [6, 6.07) is 9.66. The lowest BCUT2D eigenvalue weighted by Crippen LogP contribution is -2.35. The molecule has 1 heterocycles. The Bertz CT molecular complexity index is 534. The Morgan fingerprint density at radius 1 is 1.30 bits per heavy atom. The third kappa shape index (κ3) is 4.50. The summed E-state index contributed by atoms with van der Waals surface area (Å²) >= 11 is 1.66. The van der Waals surface area contributed by atoms with Crippen LogP contribution < -0.4 is 0 Å². The van der Waals surface area contributed by atoms with E-state index in [0.29, 0.717) is 13.1 Å². The Kier molecular flexibility index (Phi) is 6.51. The molecule has 1 aromatic carbocycles. The van der Waals surface area contributed by atoms with Crippen LogP contribution in [0.1, 0.15) is 38.2 Å². The number of unbranched alkanes of at least 4 members (excludes halogenated alkanes) is 1. The number of hydrogen-bond donors (Lipinski definition) is 1. The van der Waals surface area contributed by atoms with Gasteiger partial charge in [-0.3, -0.25) is 9.59 Å². The topological polar surface area (TPSA) is 57.6 Å². The summed E-state index contributed by atoms with van der Waals surface area (Å²) in [6.07, 6.45) is 2.22. The SMILES string of the molecule is CCCCSC(C)C(=O)N1C[C@H](C(=O)O)[C@H](c2ccccc2)C1. The predicted octanol–water partition coefficient (Wildman–Crippen LogP) is 3.24. The largest absolute Gasteiger partial charge is 0.481 e. The number of benzene rings is 1. The lowest BCUT2D eigenvalue weighted by Gasteiger charge is -2.20. The van der Waals surface area contributed by atoms with E-state index in [2.05, 4.69) is 6.92 Å². The van der Waals surface area contributed by atoms with E-state index in [1.54, 1.807) is 16.7 Å². The van der Waals surface area contributed by atoms with Crippen molar-refractivity contribution in [1.29, 1.82) is 0 Å². The van der Waals surface area contributed by atoms with Crippen molar-refractivity contribution >= 4 is 23.6 Å². The summed E-state index contributed by atoms with van der Waals surface area (Å²) in [4.78, 5) is 25.9. The predicted molar refractivity (Wildman–Crippen MR) is 93.7 cm³/mol. The lowest BCUT2D eigenvalue weighted by molar-refractivity contribution is -0.141. The minimum Gasteiger partial charge on any atom is -0.481 e. The molecule has 23 heavy (non-hydrogen) atoms. The maximum absolute atomic E-state index is 12.6. The van der Waals surface area contributed by atoms with Crippen LogP contribution in [-0.2, 0) is 9.59 Å². The van der Waals surface area contributed by atoms with Gasteiger partial charge in [0.25, 0.3) is 0 Å². The lowest BCUT2D eigenvalue weighted by atomic mass is 9.89. The summed E-state index contributed by atoms with van der Waals surface area (Å²) in [5.41, 5.74) is 1.00. The van der Waals surface area contributed by atoms with Crippen molar-refractivity contribution in [3.63, 3.8) is 0 Å². The van der Waals surface area contributed by atoms with Crippen LogP contribution in [0.5, 0.6) is 0 Å². The molecule has 1 amide bonds. The quantitative estimate of drug-likeness (QED) is 0.777. The van der Waals surface area contributed by atoms with Crippen LogP contribution in [0.25, 0.3) is 0 Å². The van der Waals surface area contributed by atoms with E-state index in [1.807, 2.05) is 37.3 Å². The first-order chi connectivity index (χ1) is 11.0. The molecule has 0 aliphatic carbocycles. The smallest absolute Gasteiger partial charge is 0.308 e. The number of carboxylic acids is 1. The normalized spacial score (nSPS) is 22.1. The molecule has 1 N–H and O–H groups in total. The van der Waals surface area contributed by atoms with Crippen molar-refractivity contribution in [2.75, 3.05) is 18.8 Å². The highest BCUT2D eigenvalue weighted by molar-refractivity contribution is 8.00. The first kappa shape index (κ1) is 17.9. The number of likely N-dealkylation sites (tertiary alicyclic amines) is 1. The molecule has 126 valence electrons. The zero-order valence-electron chi connectivity index (χ0n) is 13.8. The van der Waals surface area contributed by atoms with Crippen molar-refractivity contribution < 1.29 is 14.7 Å². The zero-order chi connectivity index (χ0) is 16.8. The van der Waals surface area contributed by atoms with Crippen LogP contribution in [0, 0.1) is 5.92 Å². The summed E-state index contributed by atoms with van der Waals surface area (Å²) < 4.78 is 0. The van der Waals surface area contributed by atoms with E-state index in [4.69, 9.17) is 0 Å². The molecule has 3 atom stereocenters. The van der Waals surface area contributed by atoms with Crippen LogP contribution in [0.15, 0.2) is 30.3 Å². The van der Waals surface area contributed by atoms with E-state index in [-0.39, 0.29) is 17.1 Å². The molecule has 0 bridgehead atoms. The van der Waals surface area contributed by atoms with Gasteiger partial charge in [0.15, 0.2) is 0 Å². The van der Waals surface area contributed by atoms with Crippen LogP contribution in [0.3, 0.4) is 0 Å². The fourth-order valence-electron chi connectivity index (χ4n) is 3.00. The fraction of sp³-hybridized carbons (Fsp3) is 0.556. The maximum atomic E-state index is 12.6. The van der Waals surface area contributed by atoms with Crippen molar-refractivity contribution in [2.45, 2.75) is 37.9 Å². The molecular weight excluding hydrogens is 310 g/mol. The molecule has 0 saturated carbocycles. The Balaban J connectivity index is 2.05. The number of aliphatic carboxylic acids is 1. The summed E-state index contributed by atoms with van der Waals surface area (Å²) in [5, 5.41) is 9.41. The number of carbonyl (C=O) groups is 2. The number of hydrogen-bond acceptors (Lipinski definition) is 3. The van der Waals surface area contributed by atoms with Crippen molar-refractivity contribution in [3.05, 3.63) is 35.9 Å².